The van der Waals surface area contributed by atoms with E-state index in [0.717, 1.165) is 11.1 Å². The molecular weight excluding hydrogens is 330 g/mol. The number of allylic oxidation sites excluding steroid dienone is 1. The third kappa shape index (κ3) is 3.32. The minimum atomic E-state index is 0.200. The van der Waals surface area contributed by atoms with Crippen LogP contribution in [0.15, 0.2) is 60.9 Å². The molecule has 0 radical (unpaired) electrons. The number of nitriles is 1. The molecule has 0 saturated carbocycles. The molecule has 4 rings (SSSR count). The maximum atomic E-state index is 9.55. The van der Waals surface area contributed by atoms with Crippen molar-refractivity contribution in [2.24, 2.45) is 0 Å². The first kappa shape index (κ1) is 15.7. The van der Waals surface area contributed by atoms with E-state index in [2.05, 4.69) is 16.0 Å². The number of benzene rings is 2. The molecule has 2 aromatic carbocycles. The van der Waals surface area contributed by atoms with Gasteiger partial charge >= 0.3 is 6.01 Å². The number of hydrogen-bond donors (Lipinski definition) is 0. The van der Waals surface area contributed by atoms with E-state index < -0.39 is 0 Å². The topological polar surface area (TPSA) is 77.3 Å². The smallest absolute Gasteiger partial charge is 0.321 e. The van der Waals surface area contributed by atoms with Crippen molar-refractivity contribution in [1.29, 1.82) is 5.26 Å². The molecular formula is C20H13N3O3. The van der Waals surface area contributed by atoms with Gasteiger partial charge in [-0.2, -0.15) is 5.26 Å². The lowest BCUT2D eigenvalue weighted by Crippen LogP contribution is -1.92. The van der Waals surface area contributed by atoms with Gasteiger partial charge in [-0.15, -0.1) is 0 Å². The first-order valence-electron chi connectivity index (χ1n) is 7.88. The molecule has 26 heavy (non-hydrogen) atoms. The lowest BCUT2D eigenvalue weighted by atomic mass is 10.0. The average molecular weight is 343 g/mol. The summed E-state index contributed by atoms with van der Waals surface area (Å²) >= 11 is 0. The van der Waals surface area contributed by atoms with Gasteiger partial charge in [-0.05, 0) is 53.6 Å². The summed E-state index contributed by atoms with van der Waals surface area (Å²) in [5.74, 6) is 1.92. The summed E-state index contributed by atoms with van der Waals surface area (Å²) in [6.45, 7) is 0.200. The van der Waals surface area contributed by atoms with E-state index in [1.807, 2.05) is 24.3 Å². The Hall–Kier alpha value is -3.85. The van der Waals surface area contributed by atoms with E-state index >= 15 is 0 Å². The van der Waals surface area contributed by atoms with Gasteiger partial charge in [-0.25, -0.2) is 9.97 Å². The fraction of sp³-hybridized carbons (Fsp3) is 0.0500. The van der Waals surface area contributed by atoms with Crippen LogP contribution in [0.1, 0.15) is 11.1 Å². The maximum absolute atomic E-state index is 9.55. The minimum Gasteiger partial charge on any atom is -0.454 e. The average Bonchev–Trinajstić information content (AvgIpc) is 3.15. The first-order chi connectivity index (χ1) is 12.8. The predicted octanol–water partition coefficient (Wildman–Crippen LogP) is 4.06. The molecule has 1 aliphatic rings. The van der Waals surface area contributed by atoms with Gasteiger partial charge in [0.1, 0.15) is 5.75 Å². The number of rotatable bonds is 4. The van der Waals surface area contributed by atoms with Crippen LogP contribution in [-0.2, 0) is 0 Å². The van der Waals surface area contributed by atoms with Crippen LogP contribution in [0, 0.1) is 11.3 Å². The summed E-state index contributed by atoms with van der Waals surface area (Å²) < 4.78 is 16.3. The van der Waals surface area contributed by atoms with Gasteiger partial charge in [0, 0.05) is 12.4 Å². The molecule has 0 N–H and O–H groups in total. The monoisotopic (exact) mass is 343 g/mol. The summed E-state index contributed by atoms with van der Waals surface area (Å²) in [7, 11) is 0. The fourth-order valence-corrected chi connectivity index (χ4v) is 2.52. The van der Waals surface area contributed by atoms with Crippen molar-refractivity contribution in [3.63, 3.8) is 0 Å². The van der Waals surface area contributed by atoms with Crippen LogP contribution in [0.2, 0.25) is 0 Å². The normalized spacial score (nSPS) is 12.5. The number of hydrogen-bond acceptors (Lipinski definition) is 6. The lowest BCUT2D eigenvalue weighted by Gasteiger charge is -2.05. The zero-order chi connectivity index (χ0) is 17.8. The highest BCUT2D eigenvalue weighted by molar-refractivity contribution is 5.90. The number of aromatic nitrogens is 2. The van der Waals surface area contributed by atoms with Crippen molar-refractivity contribution < 1.29 is 14.2 Å². The van der Waals surface area contributed by atoms with Crippen molar-refractivity contribution in [2.75, 3.05) is 6.79 Å². The Morgan fingerprint density at radius 2 is 1.88 bits per heavy atom. The van der Waals surface area contributed by atoms with E-state index in [4.69, 9.17) is 14.2 Å². The second-order valence-corrected chi connectivity index (χ2v) is 5.44. The molecule has 6 heteroatoms. The van der Waals surface area contributed by atoms with Crippen LogP contribution in [0.4, 0.5) is 0 Å². The van der Waals surface area contributed by atoms with E-state index in [-0.39, 0.29) is 12.8 Å². The van der Waals surface area contributed by atoms with Gasteiger partial charge in [-0.3, -0.25) is 0 Å². The molecule has 126 valence electrons. The zero-order valence-electron chi connectivity index (χ0n) is 13.6. The van der Waals surface area contributed by atoms with Crippen molar-refractivity contribution >= 4 is 11.6 Å². The van der Waals surface area contributed by atoms with Gasteiger partial charge < -0.3 is 14.2 Å². The molecule has 3 aromatic rings. The second kappa shape index (κ2) is 6.95. The molecule has 6 nitrogen and oxygen atoms in total. The Balaban J connectivity index is 1.62. The predicted molar refractivity (Wildman–Crippen MR) is 94.6 cm³/mol. The molecule has 0 atom stereocenters. The van der Waals surface area contributed by atoms with Gasteiger partial charge in [0.15, 0.2) is 11.5 Å². The van der Waals surface area contributed by atoms with E-state index in [1.165, 1.54) is 0 Å². The van der Waals surface area contributed by atoms with E-state index in [1.54, 1.807) is 42.7 Å². The zero-order valence-corrected chi connectivity index (χ0v) is 13.6. The third-order valence-corrected chi connectivity index (χ3v) is 3.72. The largest absolute Gasteiger partial charge is 0.454 e. The third-order valence-electron chi connectivity index (χ3n) is 3.72. The number of nitrogens with zero attached hydrogens (tertiary/aromatic N) is 3. The fourth-order valence-electron chi connectivity index (χ4n) is 2.52. The minimum absolute atomic E-state index is 0.200. The highest BCUT2D eigenvalue weighted by atomic mass is 16.7. The quantitative estimate of drug-likeness (QED) is 0.525. The highest BCUT2D eigenvalue weighted by Gasteiger charge is 2.14. The van der Waals surface area contributed by atoms with Crippen LogP contribution in [0.3, 0.4) is 0 Å². The molecule has 2 heterocycles. The number of ether oxygens (including phenoxy) is 3. The highest BCUT2D eigenvalue weighted by Crippen LogP contribution is 2.34. The Kier molecular flexibility index (Phi) is 4.19. The van der Waals surface area contributed by atoms with Crippen LogP contribution >= 0.6 is 0 Å². The second-order valence-electron chi connectivity index (χ2n) is 5.44. The van der Waals surface area contributed by atoms with E-state index in [9.17, 15) is 5.26 Å². The lowest BCUT2D eigenvalue weighted by molar-refractivity contribution is 0.174. The van der Waals surface area contributed by atoms with Gasteiger partial charge in [-0.1, -0.05) is 12.1 Å². The van der Waals surface area contributed by atoms with Crippen LogP contribution in [-0.4, -0.2) is 16.8 Å². The van der Waals surface area contributed by atoms with Crippen LogP contribution in [0.25, 0.3) is 11.6 Å². The first-order valence-corrected chi connectivity index (χ1v) is 7.88. The van der Waals surface area contributed by atoms with Gasteiger partial charge in [0.25, 0.3) is 0 Å². The molecule has 0 unspecified atom stereocenters. The molecule has 1 aromatic heterocycles. The molecule has 0 fully saturated rings. The molecule has 0 spiro atoms. The summed E-state index contributed by atoms with van der Waals surface area (Å²) in [6, 6.07) is 17.0. The maximum Gasteiger partial charge on any atom is 0.321 e. The van der Waals surface area contributed by atoms with Crippen LogP contribution in [0.5, 0.6) is 23.3 Å². The summed E-state index contributed by atoms with van der Waals surface area (Å²) in [6.07, 6.45) is 5.01. The summed E-state index contributed by atoms with van der Waals surface area (Å²) in [5.41, 5.74) is 2.10. The number of fused-ring (bicyclic) bond motifs is 1. The Morgan fingerprint density at radius 1 is 1.04 bits per heavy atom. The summed E-state index contributed by atoms with van der Waals surface area (Å²) in [4.78, 5) is 8.07. The van der Waals surface area contributed by atoms with Crippen molar-refractivity contribution in [3.8, 4) is 29.3 Å². The van der Waals surface area contributed by atoms with Crippen LogP contribution < -0.4 is 14.2 Å². The van der Waals surface area contributed by atoms with Crippen molar-refractivity contribution in [3.05, 3.63) is 72.1 Å². The van der Waals surface area contributed by atoms with Gasteiger partial charge in [0.05, 0.1) is 11.6 Å². The van der Waals surface area contributed by atoms with Crippen molar-refractivity contribution in [2.45, 2.75) is 0 Å². The van der Waals surface area contributed by atoms with E-state index in [0.29, 0.717) is 22.8 Å². The molecule has 1 aliphatic heterocycles. The Bertz CT molecular complexity index is 1010. The van der Waals surface area contributed by atoms with Gasteiger partial charge in [0.2, 0.25) is 6.79 Å². The Morgan fingerprint density at radius 3 is 2.73 bits per heavy atom. The molecule has 0 aliphatic carbocycles. The Labute approximate surface area is 149 Å². The molecule has 0 bridgehead atoms. The molecule has 0 saturated heterocycles. The summed E-state index contributed by atoms with van der Waals surface area (Å²) in [5, 5.41) is 9.55. The SMILES string of the molecule is N#C/C(=C/c1cccc(Oc2ncccn2)c1)c1ccc2c(c1)OCO2. The standard InChI is InChI=1S/C20H13N3O3/c21-12-16(15-5-6-18-19(11-15)25-13-24-18)9-14-3-1-4-17(10-14)26-20-22-7-2-8-23-20/h1-11H,13H2/b16-9-. The van der Waals surface area contributed by atoms with Crippen molar-refractivity contribution in [1.82, 2.24) is 9.97 Å². The molecule has 0 amide bonds.